The van der Waals surface area contributed by atoms with E-state index in [4.69, 9.17) is 4.42 Å². The predicted molar refractivity (Wildman–Crippen MR) is 133 cm³/mol. The van der Waals surface area contributed by atoms with Gasteiger partial charge >= 0.3 is 5.76 Å². The molecule has 5 rings (SSSR count). The van der Waals surface area contributed by atoms with Crippen molar-refractivity contribution < 1.29 is 18.8 Å². The second-order valence-electron chi connectivity index (χ2n) is 8.48. The number of benzene rings is 2. The van der Waals surface area contributed by atoms with Crippen LogP contribution in [0, 0.1) is 0 Å². The Bertz CT molecular complexity index is 1750. The second-order valence-corrected chi connectivity index (χ2v) is 8.48. The summed E-state index contributed by atoms with van der Waals surface area (Å²) in [6, 6.07) is 15.1. The van der Waals surface area contributed by atoms with Crippen LogP contribution in [0.3, 0.4) is 0 Å². The zero-order valence-corrected chi connectivity index (χ0v) is 20.0. The molecule has 2 amide bonds. The molecule has 3 aromatic heterocycles. The molecule has 0 aliphatic carbocycles. The number of hydrogen-bond donors (Lipinski definition) is 2. The van der Waals surface area contributed by atoms with Crippen LogP contribution in [0.4, 0.5) is 0 Å². The van der Waals surface area contributed by atoms with Crippen LogP contribution in [-0.2, 0) is 20.1 Å². The molecule has 186 valence electrons. The van der Waals surface area contributed by atoms with E-state index in [9.17, 15) is 19.2 Å². The van der Waals surface area contributed by atoms with Crippen molar-refractivity contribution in [2.45, 2.75) is 20.0 Å². The summed E-state index contributed by atoms with van der Waals surface area (Å²) in [7, 11) is 1.60. The van der Waals surface area contributed by atoms with Crippen molar-refractivity contribution in [1.82, 2.24) is 29.8 Å². The number of carbonyl (C=O) groups excluding carboxylic acids is 3. The lowest BCUT2D eigenvalue weighted by molar-refractivity contribution is 0.0941. The number of amides is 2. The van der Waals surface area contributed by atoms with Crippen LogP contribution in [0.1, 0.15) is 49.4 Å². The zero-order chi connectivity index (χ0) is 26.1. The van der Waals surface area contributed by atoms with Gasteiger partial charge in [-0.1, -0.05) is 24.3 Å². The Hall–Kier alpha value is -5.06. The van der Waals surface area contributed by atoms with Gasteiger partial charge in [-0.15, -0.1) is 0 Å². The van der Waals surface area contributed by atoms with Gasteiger partial charge in [-0.25, -0.2) is 14.3 Å². The minimum absolute atomic E-state index is 0.0496. The predicted octanol–water partition coefficient (Wildman–Crippen LogP) is 2.24. The van der Waals surface area contributed by atoms with E-state index >= 15 is 0 Å². The summed E-state index contributed by atoms with van der Waals surface area (Å²) >= 11 is 0. The molecule has 0 saturated heterocycles. The van der Waals surface area contributed by atoms with Gasteiger partial charge in [-0.3, -0.25) is 19.0 Å². The van der Waals surface area contributed by atoms with E-state index in [-0.39, 0.29) is 30.3 Å². The molecule has 0 bridgehead atoms. The average Bonchev–Trinajstić information content (AvgIpc) is 3.49. The topological polar surface area (TPSA) is 141 Å². The zero-order valence-electron chi connectivity index (χ0n) is 20.0. The van der Waals surface area contributed by atoms with E-state index < -0.39 is 17.6 Å². The number of rotatable bonds is 7. The smallest absolute Gasteiger partial charge is 0.408 e. The van der Waals surface area contributed by atoms with Gasteiger partial charge in [-0.05, 0) is 36.2 Å². The lowest BCUT2D eigenvalue weighted by Gasteiger charge is -2.10. The lowest BCUT2D eigenvalue weighted by atomic mass is 10.1. The monoisotopic (exact) mass is 498 g/mol. The van der Waals surface area contributed by atoms with Gasteiger partial charge in [-0.2, -0.15) is 5.10 Å². The normalized spacial score (nSPS) is 11.1. The standard InChI is InChI=1S/C26H22N6O5/c1-15(33)18-5-3-4-16(10-18)13-28-25(35)21-12-19(30-23-8-9-29-32(21)23)24(34)27-14-17-6-7-22-20(11-17)31(2)26(36)37-22/h3-12H,13-14H2,1-2H3,(H,27,34)(H,28,35). The molecule has 0 fully saturated rings. The van der Waals surface area contributed by atoms with E-state index in [1.807, 2.05) is 0 Å². The highest BCUT2D eigenvalue weighted by atomic mass is 16.4. The van der Waals surface area contributed by atoms with Gasteiger partial charge < -0.3 is 15.1 Å². The minimum atomic E-state index is -0.479. The van der Waals surface area contributed by atoms with Crippen molar-refractivity contribution in [3.05, 3.63) is 99.4 Å². The first-order chi connectivity index (χ1) is 17.8. The first kappa shape index (κ1) is 23.7. The van der Waals surface area contributed by atoms with Gasteiger partial charge in [0, 0.05) is 37.8 Å². The number of fused-ring (bicyclic) bond motifs is 2. The van der Waals surface area contributed by atoms with Crippen molar-refractivity contribution in [3.63, 3.8) is 0 Å². The molecule has 5 aromatic rings. The van der Waals surface area contributed by atoms with Crippen LogP contribution in [0.5, 0.6) is 0 Å². The maximum atomic E-state index is 13.0. The van der Waals surface area contributed by atoms with Crippen LogP contribution < -0.4 is 16.4 Å². The SMILES string of the molecule is CC(=O)c1cccc(CNC(=O)c2cc(C(=O)NCc3ccc4oc(=O)n(C)c4c3)nc3ccnn23)c1. The van der Waals surface area contributed by atoms with Gasteiger partial charge in [0.1, 0.15) is 11.4 Å². The molecule has 2 aromatic carbocycles. The molecular weight excluding hydrogens is 476 g/mol. The summed E-state index contributed by atoms with van der Waals surface area (Å²) in [5.74, 6) is -1.46. The van der Waals surface area contributed by atoms with Crippen LogP contribution in [-0.4, -0.2) is 36.8 Å². The molecule has 3 heterocycles. The number of aryl methyl sites for hydroxylation is 1. The Labute approximate surface area is 209 Å². The van der Waals surface area contributed by atoms with Crippen molar-refractivity contribution in [2.75, 3.05) is 0 Å². The molecule has 0 spiro atoms. The van der Waals surface area contributed by atoms with E-state index in [2.05, 4.69) is 20.7 Å². The fourth-order valence-corrected chi connectivity index (χ4v) is 3.92. The molecule has 0 radical (unpaired) electrons. The number of ketones is 1. The Morgan fingerprint density at radius 2 is 1.70 bits per heavy atom. The van der Waals surface area contributed by atoms with Gasteiger partial charge in [0.05, 0.1) is 11.7 Å². The first-order valence-corrected chi connectivity index (χ1v) is 11.4. The van der Waals surface area contributed by atoms with E-state index in [0.29, 0.717) is 22.3 Å². The van der Waals surface area contributed by atoms with Crippen LogP contribution in [0.2, 0.25) is 0 Å². The molecule has 0 unspecified atom stereocenters. The quantitative estimate of drug-likeness (QED) is 0.328. The van der Waals surface area contributed by atoms with Crippen molar-refractivity contribution in [1.29, 1.82) is 0 Å². The molecule has 11 heteroatoms. The summed E-state index contributed by atoms with van der Waals surface area (Å²) < 4.78 is 7.87. The number of oxazole rings is 1. The van der Waals surface area contributed by atoms with E-state index in [1.54, 1.807) is 55.6 Å². The second kappa shape index (κ2) is 9.53. The number of nitrogens with zero attached hydrogens (tertiary/aromatic N) is 4. The largest absolute Gasteiger partial charge is 0.419 e. The summed E-state index contributed by atoms with van der Waals surface area (Å²) in [5.41, 5.74) is 3.67. The Morgan fingerprint density at radius 3 is 2.49 bits per heavy atom. The summed E-state index contributed by atoms with van der Waals surface area (Å²) in [5, 5.41) is 9.74. The highest BCUT2D eigenvalue weighted by Crippen LogP contribution is 2.15. The van der Waals surface area contributed by atoms with Crippen molar-refractivity contribution in [2.24, 2.45) is 7.05 Å². The third-order valence-corrected chi connectivity index (χ3v) is 5.92. The fourth-order valence-electron chi connectivity index (χ4n) is 3.92. The maximum Gasteiger partial charge on any atom is 0.419 e. The van der Waals surface area contributed by atoms with Crippen LogP contribution >= 0.6 is 0 Å². The Balaban J connectivity index is 1.33. The maximum absolute atomic E-state index is 13.0. The fraction of sp³-hybridized carbons (Fsp3) is 0.154. The number of carbonyl (C=O) groups is 3. The molecule has 0 atom stereocenters. The first-order valence-electron chi connectivity index (χ1n) is 11.4. The molecule has 2 N–H and O–H groups in total. The average molecular weight is 498 g/mol. The van der Waals surface area contributed by atoms with Crippen molar-refractivity contribution >= 4 is 34.3 Å². The van der Waals surface area contributed by atoms with Crippen LogP contribution in [0.15, 0.2) is 70.0 Å². The minimum Gasteiger partial charge on any atom is -0.408 e. The molecule has 37 heavy (non-hydrogen) atoms. The number of Topliss-reactive ketones (excluding diaryl/α,β-unsaturated/α-hetero) is 1. The number of aromatic nitrogens is 4. The van der Waals surface area contributed by atoms with Gasteiger partial charge in [0.15, 0.2) is 17.0 Å². The van der Waals surface area contributed by atoms with Crippen LogP contribution in [0.25, 0.3) is 16.7 Å². The highest BCUT2D eigenvalue weighted by molar-refractivity contribution is 5.98. The Morgan fingerprint density at radius 1 is 0.946 bits per heavy atom. The number of nitrogens with one attached hydrogen (secondary N) is 2. The molecule has 0 aliphatic rings. The third kappa shape index (κ3) is 4.74. The van der Waals surface area contributed by atoms with E-state index in [0.717, 1.165) is 11.1 Å². The summed E-state index contributed by atoms with van der Waals surface area (Å²) in [6.45, 7) is 1.84. The highest BCUT2D eigenvalue weighted by Gasteiger charge is 2.18. The molecule has 0 saturated carbocycles. The number of hydrogen-bond acceptors (Lipinski definition) is 7. The van der Waals surface area contributed by atoms with Gasteiger partial charge in [0.2, 0.25) is 0 Å². The molecule has 0 aliphatic heterocycles. The van der Waals surface area contributed by atoms with Gasteiger partial charge in [0.25, 0.3) is 11.8 Å². The summed E-state index contributed by atoms with van der Waals surface area (Å²) in [4.78, 5) is 53.6. The van der Waals surface area contributed by atoms with E-state index in [1.165, 1.54) is 28.3 Å². The van der Waals surface area contributed by atoms with Crippen molar-refractivity contribution in [3.8, 4) is 0 Å². The Kier molecular flexibility index (Phi) is 6.10. The third-order valence-electron chi connectivity index (χ3n) is 5.92. The lowest BCUT2D eigenvalue weighted by Crippen LogP contribution is -2.28. The summed E-state index contributed by atoms with van der Waals surface area (Å²) in [6.07, 6.45) is 1.49. The molecule has 11 nitrogen and oxygen atoms in total. The molecular formula is C26H22N6O5.